The summed E-state index contributed by atoms with van der Waals surface area (Å²) in [5.41, 5.74) is 0.590. The summed E-state index contributed by atoms with van der Waals surface area (Å²) in [7, 11) is 1.88. The van der Waals surface area contributed by atoms with Gasteiger partial charge in [-0.15, -0.1) is 10.2 Å². The Hall–Kier alpha value is -2.15. The molecule has 102 valence electrons. The molecule has 0 radical (unpaired) electrons. The van der Waals surface area contributed by atoms with E-state index in [1.807, 2.05) is 36.7 Å². The molecule has 6 nitrogen and oxygen atoms in total. The highest BCUT2D eigenvalue weighted by atomic mass is 32.2. The van der Waals surface area contributed by atoms with Crippen LogP contribution in [0, 0.1) is 0 Å². The monoisotopic (exact) mass is 287 g/mol. The average molecular weight is 287 g/mol. The maximum Gasteiger partial charge on any atom is 0.258 e. The number of hydrogen-bond donors (Lipinski definition) is 1. The molecule has 0 aliphatic rings. The minimum atomic E-state index is -0.115. The number of nitrogens with zero attached hydrogens (tertiary/aromatic N) is 4. The third-order valence-electron chi connectivity index (χ3n) is 2.97. The van der Waals surface area contributed by atoms with Gasteiger partial charge in [0.2, 0.25) is 0 Å². The molecule has 0 saturated carbocycles. The van der Waals surface area contributed by atoms with Gasteiger partial charge in [0.1, 0.15) is 12.2 Å². The van der Waals surface area contributed by atoms with Crippen molar-refractivity contribution in [2.75, 3.05) is 0 Å². The number of rotatable bonds is 3. The third kappa shape index (κ3) is 2.32. The van der Waals surface area contributed by atoms with Crippen LogP contribution >= 0.6 is 11.8 Å². The summed E-state index contributed by atoms with van der Waals surface area (Å²) in [5, 5.41) is 9.23. The molecule has 1 aromatic carbocycles. The maximum absolute atomic E-state index is 12.0. The van der Waals surface area contributed by atoms with Gasteiger partial charge in [-0.05, 0) is 19.1 Å². The summed E-state index contributed by atoms with van der Waals surface area (Å²) >= 11 is 1.50. The molecule has 3 aromatic rings. The largest absolute Gasteiger partial charge is 0.312 e. The predicted octanol–water partition coefficient (Wildman–Crippen LogP) is 1.90. The van der Waals surface area contributed by atoms with Crippen molar-refractivity contribution in [3.05, 3.63) is 46.8 Å². The fourth-order valence-corrected chi connectivity index (χ4v) is 2.74. The van der Waals surface area contributed by atoms with E-state index >= 15 is 0 Å². The molecule has 0 saturated heterocycles. The first-order valence-electron chi connectivity index (χ1n) is 6.15. The van der Waals surface area contributed by atoms with E-state index in [1.165, 1.54) is 11.8 Å². The molecule has 0 fully saturated rings. The molecule has 0 bridgehead atoms. The van der Waals surface area contributed by atoms with Gasteiger partial charge in [-0.25, -0.2) is 4.98 Å². The van der Waals surface area contributed by atoms with Gasteiger partial charge >= 0.3 is 0 Å². The van der Waals surface area contributed by atoms with Crippen LogP contribution < -0.4 is 5.56 Å². The minimum absolute atomic E-state index is 0.0183. The zero-order chi connectivity index (χ0) is 14.1. The van der Waals surface area contributed by atoms with Crippen LogP contribution in [-0.4, -0.2) is 24.7 Å². The normalized spacial score (nSPS) is 12.7. The van der Waals surface area contributed by atoms with Crippen LogP contribution in [0.4, 0.5) is 0 Å². The molecule has 0 aliphatic heterocycles. The predicted molar refractivity (Wildman–Crippen MR) is 77.6 cm³/mol. The van der Waals surface area contributed by atoms with Crippen molar-refractivity contribution in [2.45, 2.75) is 17.3 Å². The van der Waals surface area contributed by atoms with Crippen LogP contribution in [0.25, 0.3) is 10.9 Å². The van der Waals surface area contributed by atoms with Crippen molar-refractivity contribution < 1.29 is 0 Å². The molecule has 2 heterocycles. The molecule has 20 heavy (non-hydrogen) atoms. The highest BCUT2D eigenvalue weighted by Crippen LogP contribution is 2.31. The highest BCUT2D eigenvalue weighted by molar-refractivity contribution is 7.99. The molecule has 7 heteroatoms. The smallest absolute Gasteiger partial charge is 0.258 e. The van der Waals surface area contributed by atoms with Crippen LogP contribution in [0.3, 0.4) is 0 Å². The van der Waals surface area contributed by atoms with Crippen LogP contribution in [-0.2, 0) is 7.05 Å². The van der Waals surface area contributed by atoms with Crippen molar-refractivity contribution in [1.29, 1.82) is 0 Å². The number of hydrogen-bond acceptors (Lipinski definition) is 5. The minimum Gasteiger partial charge on any atom is -0.312 e. The van der Waals surface area contributed by atoms with Crippen LogP contribution in [0.15, 0.2) is 40.5 Å². The molecule has 1 unspecified atom stereocenters. The van der Waals surface area contributed by atoms with Gasteiger partial charge in [0.15, 0.2) is 5.16 Å². The summed E-state index contributed by atoms with van der Waals surface area (Å²) in [6.07, 6.45) is 1.64. The van der Waals surface area contributed by atoms with Gasteiger partial charge in [0, 0.05) is 7.05 Å². The average Bonchev–Trinajstić information content (AvgIpc) is 2.84. The lowest BCUT2D eigenvalue weighted by Crippen LogP contribution is -2.13. The number of nitrogens with one attached hydrogen (secondary N) is 1. The molecule has 0 aliphatic carbocycles. The summed E-state index contributed by atoms with van der Waals surface area (Å²) in [4.78, 5) is 19.4. The van der Waals surface area contributed by atoms with E-state index in [9.17, 15) is 4.79 Å². The number of thioether (sulfide) groups is 1. The fourth-order valence-electron chi connectivity index (χ4n) is 1.89. The summed E-state index contributed by atoms with van der Waals surface area (Å²) in [6, 6.07) is 7.31. The Labute approximate surface area is 119 Å². The van der Waals surface area contributed by atoms with Crippen molar-refractivity contribution in [2.24, 2.45) is 7.05 Å². The van der Waals surface area contributed by atoms with Crippen LogP contribution in [0.2, 0.25) is 0 Å². The number of aromatic nitrogens is 5. The Kier molecular flexibility index (Phi) is 3.27. The van der Waals surface area contributed by atoms with Gasteiger partial charge in [-0.2, -0.15) is 0 Å². The van der Waals surface area contributed by atoms with E-state index in [1.54, 1.807) is 12.4 Å². The van der Waals surface area contributed by atoms with Gasteiger partial charge in [0.25, 0.3) is 5.56 Å². The van der Waals surface area contributed by atoms with E-state index in [-0.39, 0.29) is 10.8 Å². The van der Waals surface area contributed by atoms with Crippen LogP contribution in [0.1, 0.15) is 18.0 Å². The lowest BCUT2D eigenvalue weighted by molar-refractivity contribution is 0.781. The van der Waals surface area contributed by atoms with E-state index in [0.717, 1.165) is 5.16 Å². The number of fused-ring (bicyclic) bond motifs is 1. The summed E-state index contributed by atoms with van der Waals surface area (Å²) < 4.78 is 1.83. The SMILES string of the molecule is CC(Sc1nncn1C)c1nc2ccccc2c(=O)[nH]1. The number of aromatic amines is 1. The number of para-hydroxylation sites is 1. The van der Waals surface area contributed by atoms with Gasteiger partial charge < -0.3 is 9.55 Å². The molecule has 2 aromatic heterocycles. The Morgan fingerprint density at radius 2 is 2.15 bits per heavy atom. The van der Waals surface area contributed by atoms with Crippen molar-refractivity contribution in [3.63, 3.8) is 0 Å². The standard InChI is InChI=1S/C13H13N5OS/c1-8(20-13-17-14-7-18(13)2)11-15-10-6-4-3-5-9(10)12(19)16-11/h3-8H,1-2H3,(H,15,16,19). The summed E-state index contributed by atoms with van der Waals surface area (Å²) in [6.45, 7) is 1.98. The Morgan fingerprint density at radius 1 is 1.35 bits per heavy atom. The first-order valence-corrected chi connectivity index (χ1v) is 7.03. The molecular formula is C13H13N5OS. The zero-order valence-electron chi connectivity index (χ0n) is 11.1. The molecule has 3 rings (SSSR count). The van der Waals surface area contributed by atoms with E-state index in [0.29, 0.717) is 16.7 Å². The second-order valence-corrected chi connectivity index (χ2v) is 5.76. The van der Waals surface area contributed by atoms with Crippen molar-refractivity contribution in [3.8, 4) is 0 Å². The lowest BCUT2D eigenvalue weighted by atomic mass is 10.2. The van der Waals surface area contributed by atoms with Gasteiger partial charge in [0.05, 0.1) is 16.2 Å². The Bertz CT molecular complexity index is 810. The first-order chi connectivity index (χ1) is 9.65. The topological polar surface area (TPSA) is 76.5 Å². The molecule has 1 N–H and O–H groups in total. The van der Waals surface area contributed by atoms with E-state index in [2.05, 4.69) is 20.2 Å². The summed E-state index contributed by atoms with van der Waals surface area (Å²) in [5.74, 6) is 0.640. The lowest BCUT2D eigenvalue weighted by Gasteiger charge is -2.10. The number of aryl methyl sites for hydroxylation is 1. The van der Waals surface area contributed by atoms with Crippen molar-refractivity contribution >= 4 is 22.7 Å². The quantitative estimate of drug-likeness (QED) is 0.745. The number of H-pyrrole nitrogens is 1. The second kappa shape index (κ2) is 5.09. The maximum atomic E-state index is 12.0. The molecular weight excluding hydrogens is 274 g/mol. The zero-order valence-corrected chi connectivity index (χ0v) is 11.9. The third-order valence-corrected chi connectivity index (χ3v) is 4.13. The Balaban J connectivity index is 1.98. The van der Waals surface area contributed by atoms with E-state index < -0.39 is 0 Å². The highest BCUT2D eigenvalue weighted by Gasteiger charge is 2.14. The molecule has 1 atom stereocenters. The Morgan fingerprint density at radius 3 is 2.90 bits per heavy atom. The first kappa shape index (κ1) is 12.9. The fraction of sp³-hybridized carbons (Fsp3) is 0.231. The number of benzene rings is 1. The van der Waals surface area contributed by atoms with Gasteiger partial charge in [-0.3, -0.25) is 4.79 Å². The van der Waals surface area contributed by atoms with E-state index in [4.69, 9.17) is 0 Å². The van der Waals surface area contributed by atoms with Gasteiger partial charge in [-0.1, -0.05) is 23.9 Å². The second-order valence-electron chi connectivity index (χ2n) is 4.45. The van der Waals surface area contributed by atoms with Crippen LogP contribution in [0.5, 0.6) is 0 Å². The molecule has 0 amide bonds. The molecule has 0 spiro atoms. The van der Waals surface area contributed by atoms with Crippen molar-refractivity contribution in [1.82, 2.24) is 24.7 Å².